The fourth-order valence-electron chi connectivity index (χ4n) is 1.46. The molecule has 0 amide bonds. The number of nitrogens with zero attached hydrogens (tertiary/aromatic N) is 2. The Morgan fingerprint density at radius 2 is 1.89 bits per heavy atom. The van der Waals surface area contributed by atoms with Crippen molar-refractivity contribution >= 4 is 10.9 Å². The van der Waals surface area contributed by atoms with Crippen LogP contribution in [0.1, 0.15) is 0 Å². The Bertz CT molecular complexity index is 490. The van der Waals surface area contributed by atoms with Crippen molar-refractivity contribution in [3.63, 3.8) is 0 Å². The summed E-state index contributed by atoms with van der Waals surface area (Å²) in [4.78, 5) is 8.42. The molecular weight excluding hydrogens is 232 g/mol. The number of hydrogen-bond acceptors (Lipinski definition) is 5. The minimum Gasteiger partial charge on any atom is -0.461 e. The summed E-state index contributed by atoms with van der Waals surface area (Å²) in [6.07, 6.45) is 1.75. The van der Waals surface area contributed by atoms with Crippen LogP contribution in [0.4, 0.5) is 0 Å². The normalized spacial score (nSPS) is 10.7. The Balaban J connectivity index is 1.81. The molecule has 0 aliphatic rings. The lowest BCUT2D eigenvalue weighted by molar-refractivity contribution is 0.0529. The molecule has 2 rings (SSSR count). The van der Waals surface area contributed by atoms with Crippen LogP contribution in [0.5, 0.6) is 6.01 Å². The summed E-state index contributed by atoms with van der Waals surface area (Å²) in [5, 5.41) is 1.00. The van der Waals surface area contributed by atoms with Crippen molar-refractivity contribution in [2.24, 2.45) is 0 Å². The van der Waals surface area contributed by atoms with E-state index in [1.54, 1.807) is 13.3 Å². The fourth-order valence-corrected chi connectivity index (χ4v) is 1.46. The van der Waals surface area contributed by atoms with Crippen LogP contribution in [0.25, 0.3) is 10.9 Å². The van der Waals surface area contributed by atoms with Crippen LogP contribution >= 0.6 is 0 Å². The van der Waals surface area contributed by atoms with Gasteiger partial charge >= 0.3 is 6.01 Å². The summed E-state index contributed by atoms with van der Waals surface area (Å²) < 4.78 is 15.5. The maximum absolute atomic E-state index is 5.41. The first-order chi connectivity index (χ1) is 8.90. The van der Waals surface area contributed by atoms with Crippen LogP contribution in [0.15, 0.2) is 30.5 Å². The molecule has 0 radical (unpaired) electrons. The van der Waals surface area contributed by atoms with Crippen LogP contribution in [-0.4, -0.2) is 43.5 Å². The average molecular weight is 248 g/mol. The third-order valence-electron chi connectivity index (χ3n) is 2.36. The van der Waals surface area contributed by atoms with Gasteiger partial charge in [-0.2, -0.15) is 4.98 Å². The summed E-state index contributed by atoms with van der Waals surface area (Å²) >= 11 is 0. The van der Waals surface area contributed by atoms with Crippen molar-refractivity contribution in [2.75, 3.05) is 33.5 Å². The van der Waals surface area contributed by atoms with Gasteiger partial charge in [0.05, 0.1) is 25.3 Å². The zero-order chi connectivity index (χ0) is 12.6. The van der Waals surface area contributed by atoms with E-state index in [1.165, 1.54) is 0 Å². The number of aromatic nitrogens is 2. The van der Waals surface area contributed by atoms with Gasteiger partial charge in [-0.15, -0.1) is 0 Å². The van der Waals surface area contributed by atoms with Gasteiger partial charge in [-0.05, 0) is 6.07 Å². The Labute approximate surface area is 106 Å². The molecule has 0 aliphatic heterocycles. The zero-order valence-electron chi connectivity index (χ0n) is 10.3. The van der Waals surface area contributed by atoms with Crippen LogP contribution in [-0.2, 0) is 9.47 Å². The maximum Gasteiger partial charge on any atom is 0.316 e. The van der Waals surface area contributed by atoms with E-state index in [0.717, 1.165) is 10.9 Å². The largest absolute Gasteiger partial charge is 0.461 e. The number of ether oxygens (including phenoxy) is 3. The summed E-state index contributed by atoms with van der Waals surface area (Å²) in [5.41, 5.74) is 0.878. The lowest BCUT2D eigenvalue weighted by Crippen LogP contribution is -2.11. The SMILES string of the molecule is COCCOCCOc1ncc2ccccc2n1. The van der Waals surface area contributed by atoms with Gasteiger partial charge in [-0.3, -0.25) is 0 Å². The first-order valence-corrected chi connectivity index (χ1v) is 5.81. The second-order valence-electron chi connectivity index (χ2n) is 3.67. The maximum atomic E-state index is 5.41. The molecule has 0 saturated carbocycles. The van der Waals surface area contributed by atoms with E-state index < -0.39 is 0 Å². The van der Waals surface area contributed by atoms with Gasteiger partial charge in [0.25, 0.3) is 0 Å². The van der Waals surface area contributed by atoms with E-state index >= 15 is 0 Å². The van der Waals surface area contributed by atoms with Crippen molar-refractivity contribution < 1.29 is 14.2 Å². The van der Waals surface area contributed by atoms with Gasteiger partial charge in [0.2, 0.25) is 0 Å². The second-order valence-corrected chi connectivity index (χ2v) is 3.67. The van der Waals surface area contributed by atoms with Crippen LogP contribution in [0.2, 0.25) is 0 Å². The van der Waals surface area contributed by atoms with Gasteiger partial charge in [-0.25, -0.2) is 4.98 Å². The first-order valence-electron chi connectivity index (χ1n) is 5.81. The highest BCUT2D eigenvalue weighted by Crippen LogP contribution is 2.12. The summed E-state index contributed by atoms with van der Waals surface area (Å²) in [6, 6.07) is 8.17. The Hall–Kier alpha value is -1.72. The molecule has 5 heteroatoms. The van der Waals surface area contributed by atoms with Gasteiger partial charge in [0, 0.05) is 18.7 Å². The number of para-hydroxylation sites is 1. The Kier molecular flexibility index (Phi) is 4.87. The fraction of sp³-hybridized carbons (Fsp3) is 0.385. The predicted octanol–water partition coefficient (Wildman–Crippen LogP) is 1.67. The number of benzene rings is 1. The molecule has 0 atom stereocenters. The van der Waals surface area contributed by atoms with Crippen LogP contribution < -0.4 is 4.74 Å². The molecular formula is C13H16N2O3. The lowest BCUT2D eigenvalue weighted by Gasteiger charge is -2.05. The van der Waals surface area contributed by atoms with E-state index in [-0.39, 0.29) is 0 Å². The zero-order valence-corrected chi connectivity index (χ0v) is 10.3. The molecule has 0 N–H and O–H groups in total. The number of fused-ring (bicyclic) bond motifs is 1. The standard InChI is InChI=1S/C13H16N2O3/c1-16-6-7-17-8-9-18-13-14-10-11-4-2-3-5-12(11)15-13/h2-5,10H,6-9H2,1H3. The van der Waals surface area contributed by atoms with Gasteiger partial charge in [-0.1, -0.05) is 18.2 Å². The molecule has 0 bridgehead atoms. The molecule has 0 saturated heterocycles. The van der Waals surface area contributed by atoms with Gasteiger partial charge in [0.1, 0.15) is 6.61 Å². The van der Waals surface area contributed by atoms with Crippen molar-refractivity contribution in [2.45, 2.75) is 0 Å². The quantitative estimate of drug-likeness (QED) is 0.698. The van der Waals surface area contributed by atoms with E-state index in [9.17, 15) is 0 Å². The molecule has 2 aromatic rings. The molecule has 5 nitrogen and oxygen atoms in total. The molecule has 0 spiro atoms. The first kappa shape index (κ1) is 12.7. The average Bonchev–Trinajstić information content (AvgIpc) is 2.42. The third-order valence-corrected chi connectivity index (χ3v) is 2.36. The van der Waals surface area contributed by atoms with Crippen molar-refractivity contribution in [3.8, 4) is 6.01 Å². The Morgan fingerprint density at radius 1 is 1.06 bits per heavy atom. The number of hydrogen-bond donors (Lipinski definition) is 0. The number of methoxy groups -OCH3 is 1. The van der Waals surface area contributed by atoms with Crippen molar-refractivity contribution in [1.82, 2.24) is 9.97 Å². The Morgan fingerprint density at radius 3 is 2.78 bits per heavy atom. The van der Waals surface area contributed by atoms with Crippen LogP contribution in [0, 0.1) is 0 Å². The van der Waals surface area contributed by atoms with E-state index in [1.807, 2.05) is 24.3 Å². The highest BCUT2D eigenvalue weighted by molar-refractivity contribution is 5.77. The minimum atomic E-state index is 0.379. The summed E-state index contributed by atoms with van der Waals surface area (Å²) in [6.45, 7) is 2.09. The summed E-state index contributed by atoms with van der Waals surface area (Å²) in [5.74, 6) is 0. The molecule has 1 aromatic heterocycles. The predicted molar refractivity (Wildman–Crippen MR) is 67.7 cm³/mol. The topological polar surface area (TPSA) is 53.5 Å². The molecule has 0 aliphatic carbocycles. The molecule has 1 heterocycles. The number of rotatable bonds is 7. The lowest BCUT2D eigenvalue weighted by atomic mass is 10.2. The van der Waals surface area contributed by atoms with Gasteiger partial charge < -0.3 is 14.2 Å². The van der Waals surface area contributed by atoms with E-state index in [0.29, 0.717) is 32.4 Å². The summed E-state index contributed by atoms with van der Waals surface area (Å²) in [7, 11) is 1.64. The molecule has 96 valence electrons. The van der Waals surface area contributed by atoms with E-state index in [4.69, 9.17) is 14.2 Å². The van der Waals surface area contributed by atoms with Crippen molar-refractivity contribution in [3.05, 3.63) is 30.5 Å². The highest BCUT2D eigenvalue weighted by atomic mass is 16.5. The minimum absolute atomic E-state index is 0.379. The molecule has 0 unspecified atom stereocenters. The monoisotopic (exact) mass is 248 g/mol. The van der Waals surface area contributed by atoms with Crippen LogP contribution in [0.3, 0.4) is 0 Å². The second kappa shape index (κ2) is 6.88. The third kappa shape index (κ3) is 3.65. The molecule has 18 heavy (non-hydrogen) atoms. The van der Waals surface area contributed by atoms with E-state index in [2.05, 4.69) is 9.97 Å². The molecule has 1 aromatic carbocycles. The molecule has 0 fully saturated rings. The highest BCUT2D eigenvalue weighted by Gasteiger charge is 2.00. The van der Waals surface area contributed by atoms with Crippen molar-refractivity contribution in [1.29, 1.82) is 0 Å². The smallest absolute Gasteiger partial charge is 0.316 e. The van der Waals surface area contributed by atoms with Gasteiger partial charge in [0.15, 0.2) is 0 Å².